The number of hydrogen-bond donors (Lipinski definition) is 0. The van der Waals surface area contributed by atoms with Crippen molar-refractivity contribution in [2.75, 3.05) is 0 Å². The fourth-order valence-corrected chi connectivity index (χ4v) is 1.32. The molecule has 0 unspecified atom stereocenters. The van der Waals surface area contributed by atoms with Crippen molar-refractivity contribution in [3.8, 4) is 0 Å². The Labute approximate surface area is 74.0 Å². The first kappa shape index (κ1) is 9.80. The Morgan fingerprint density at radius 3 is 2.22 bits per heavy atom. The molecule has 0 heterocycles. The van der Waals surface area contributed by atoms with E-state index < -0.39 is 0 Å². The van der Waals surface area contributed by atoms with Crippen molar-refractivity contribution in [1.82, 2.24) is 0 Å². The van der Waals surface area contributed by atoms with Gasteiger partial charge >= 0.3 is 72.4 Å². The molecule has 0 nitrogen and oxygen atoms in total. The summed E-state index contributed by atoms with van der Waals surface area (Å²) in [5.41, 5.74) is 0. The summed E-state index contributed by atoms with van der Waals surface area (Å²) < 4.78 is 0.641. The molecule has 0 bridgehead atoms. The Bertz CT molecular complexity index is 66.1. The molecule has 0 saturated carbocycles. The predicted octanol–water partition coefficient (Wildman–Crippen LogP) is 3.05. The second-order valence-electron chi connectivity index (χ2n) is 3.34. The zero-order chi connectivity index (χ0) is 7.33. The first-order valence-electron chi connectivity index (χ1n) is 3.81. The molecule has 0 aliphatic rings. The van der Waals surface area contributed by atoms with E-state index >= 15 is 0 Å². The van der Waals surface area contributed by atoms with Gasteiger partial charge in [0.2, 0.25) is 0 Å². The molecule has 3 radical (unpaired) electrons. The minimum absolute atomic E-state index is 0. The molecular weight excluding hydrogens is 215 g/mol. The Morgan fingerprint density at radius 1 is 1.33 bits per heavy atom. The van der Waals surface area contributed by atoms with Crippen LogP contribution in [0.1, 0.15) is 47.9 Å². The van der Waals surface area contributed by atoms with E-state index in [1.807, 2.05) is 0 Å². The summed E-state index contributed by atoms with van der Waals surface area (Å²) in [5.74, 6) is 0. The predicted molar refractivity (Wildman–Crippen MR) is 45.0 cm³/mol. The SMILES string of the molecule is CCCCC[C](C)(C)[Sn].[H-]. The zero-order valence-electron chi connectivity index (χ0n) is 7.83. The molecule has 0 amide bonds. The van der Waals surface area contributed by atoms with E-state index in [1.165, 1.54) is 25.7 Å². The van der Waals surface area contributed by atoms with Crippen molar-refractivity contribution >= 4 is 22.5 Å². The molecule has 0 aliphatic heterocycles. The molecule has 0 fully saturated rings. The molecular formula is C8H18Sn-. The molecule has 55 valence electrons. The number of unbranched alkanes of at least 4 members (excludes halogenated alkanes) is 2. The normalized spacial score (nSPS) is 12.0. The topological polar surface area (TPSA) is 0 Å². The molecule has 0 aromatic heterocycles. The summed E-state index contributed by atoms with van der Waals surface area (Å²) in [7, 11) is 0. The third kappa shape index (κ3) is 8.80. The van der Waals surface area contributed by atoms with Crippen molar-refractivity contribution in [1.29, 1.82) is 0 Å². The summed E-state index contributed by atoms with van der Waals surface area (Å²) in [6.07, 6.45) is 5.61. The van der Waals surface area contributed by atoms with Gasteiger partial charge in [-0.2, -0.15) is 0 Å². The summed E-state index contributed by atoms with van der Waals surface area (Å²) >= 11 is 1.68. The first-order chi connectivity index (χ1) is 4.06. The van der Waals surface area contributed by atoms with Crippen LogP contribution in [0.4, 0.5) is 0 Å². The minimum atomic E-state index is 0. The standard InChI is InChI=1S/C8H17.Sn.H/c1-4-5-6-7-8(2)3;;/h4-7H2,1-3H3;;/q;;-1. The van der Waals surface area contributed by atoms with Crippen molar-refractivity contribution in [3.05, 3.63) is 0 Å². The minimum Gasteiger partial charge on any atom is -1.00 e. The van der Waals surface area contributed by atoms with Crippen molar-refractivity contribution in [2.45, 2.75) is 49.9 Å². The number of rotatable bonds is 4. The molecule has 0 rings (SSSR count). The second-order valence-corrected chi connectivity index (χ2v) is 7.20. The van der Waals surface area contributed by atoms with Crippen molar-refractivity contribution in [2.24, 2.45) is 0 Å². The molecule has 0 saturated heterocycles. The van der Waals surface area contributed by atoms with Crippen LogP contribution in [0.3, 0.4) is 0 Å². The summed E-state index contributed by atoms with van der Waals surface area (Å²) in [4.78, 5) is 0. The van der Waals surface area contributed by atoms with Crippen LogP contribution in [0, 0.1) is 0 Å². The van der Waals surface area contributed by atoms with Crippen LogP contribution in [0.25, 0.3) is 0 Å². The van der Waals surface area contributed by atoms with Gasteiger partial charge in [-0.05, 0) is 0 Å². The largest absolute Gasteiger partial charge is 1.00 e. The molecule has 0 atom stereocenters. The summed E-state index contributed by atoms with van der Waals surface area (Å²) in [6, 6.07) is 0. The van der Waals surface area contributed by atoms with E-state index in [0.717, 1.165) is 0 Å². The molecule has 0 aliphatic carbocycles. The third-order valence-corrected chi connectivity index (χ3v) is 2.12. The Kier molecular flexibility index (Phi) is 5.00. The average Bonchev–Trinajstić information content (AvgIpc) is 1.63. The van der Waals surface area contributed by atoms with Crippen molar-refractivity contribution < 1.29 is 1.43 Å². The Morgan fingerprint density at radius 2 is 1.89 bits per heavy atom. The van der Waals surface area contributed by atoms with E-state index in [2.05, 4.69) is 20.8 Å². The molecule has 0 aromatic carbocycles. The maximum atomic E-state index is 2.35. The van der Waals surface area contributed by atoms with Crippen LogP contribution in [-0.2, 0) is 0 Å². The van der Waals surface area contributed by atoms with Gasteiger partial charge in [-0.15, -0.1) is 0 Å². The van der Waals surface area contributed by atoms with Crippen LogP contribution in [-0.4, -0.2) is 22.5 Å². The van der Waals surface area contributed by atoms with Crippen LogP contribution < -0.4 is 0 Å². The quantitative estimate of drug-likeness (QED) is 0.517. The van der Waals surface area contributed by atoms with E-state index in [4.69, 9.17) is 0 Å². The van der Waals surface area contributed by atoms with Crippen LogP contribution in [0.15, 0.2) is 0 Å². The van der Waals surface area contributed by atoms with Crippen LogP contribution in [0.5, 0.6) is 0 Å². The van der Waals surface area contributed by atoms with Crippen LogP contribution in [0.2, 0.25) is 3.43 Å². The van der Waals surface area contributed by atoms with Gasteiger partial charge in [-0.1, -0.05) is 0 Å². The smallest absolute Gasteiger partial charge is 1.00 e. The summed E-state index contributed by atoms with van der Waals surface area (Å²) in [6.45, 7) is 6.96. The third-order valence-electron chi connectivity index (χ3n) is 1.41. The zero-order valence-corrected chi connectivity index (χ0v) is 9.68. The van der Waals surface area contributed by atoms with Crippen LogP contribution >= 0.6 is 0 Å². The molecule has 0 spiro atoms. The van der Waals surface area contributed by atoms with Gasteiger partial charge in [0.25, 0.3) is 0 Å². The monoisotopic (exact) mass is 234 g/mol. The number of hydrogen-bond acceptors (Lipinski definition) is 0. The van der Waals surface area contributed by atoms with E-state index in [-0.39, 0.29) is 1.43 Å². The van der Waals surface area contributed by atoms with E-state index in [9.17, 15) is 0 Å². The van der Waals surface area contributed by atoms with Gasteiger partial charge in [-0.3, -0.25) is 0 Å². The first-order valence-corrected chi connectivity index (χ1v) is 5.24. The molecule has 0 aromatic rings. The van der Waals surface area contributed by atoms with Gasteiger partial charge in [0.1, 0.15) is 0 Å². The van der Waals surface area contributed by atoms with E-state index in [1.54, 1.807) is 22.5 Å². The summed E-state index contributed by atoms with van der Waals surface area (Å²) in [5, 5.41) is 0. The van der Waals surface area contributed by atoms with Gasteiger partial charge in [0.05, 0.1) is 0 Å². The second kappa shape index (κ2) is 4.59. The van der Waals surface area contributed by atoms with Gasteiger partial charge in [0.15, 0.2) is 0 Å². The maximum Gasteiger partial charge on any atom is -1.00 e. The molecule has 1 heteroatoms. The maximum absolute atomic E-state index is 2.35. The average molecular weight is 233 g/mol. The fourth-order valence-electron chi connectivity index (χ4n) is 0.817. The van der Waals surface area contributed by atoms with Gasteiger partial charge in [-0.25, -0.2) is 0 Å². The van der Waals surface area contributed by atoms with Gasteiger partial charge < -0.3 is 1.43 Å². The fraction of sp³-hybridized carbons (Fsp3) is 1.00. The van der Waals surface area contributed by atoms with E-state index in [0.29, 0.717) is 3.43 Å². The van der Waals surface area contributed by atoms with Crippen molar-refractivity contribution in [3.63, 3.8) is 0 Å². The van der Waals surface area contributed by atoms with Gasteiger partial charge in [0, 0.05) is 0 Å². The molecule has 9 heavy (non-hydrogen) atoms. The Balaban J connectivity index is 0. The Hall–Kier alpha value is 0.799. The molecule has 0 N–H and O–H groups in total.